The van der Waals surface area contributed by atoms with Crippen LogP contribution in [0.15, 0.2) is 38.8 Å². The Balaban J connectivity index is 1.72. The molecule has 0 fully saturated rings. The van der Waals surface area contributed by atoms with Gasteiger partial charge in [-0.1, -0.05) is 6.07 Å². The third kappa shape index (κ3) is 2.82. The maximum Gasteiger partial charge on any atom is 0.274 e. The van der Waals surface area contributed by atoms with Crippen LogP contribution in [-0.2, 0) is 6.54 Å². The van der Waals surface area contributed by atoms with Crippen LogP contribution in [0, 0.1) is 0 Å². The van der Waals surface area contributed by atoms with Gasteiger partial charge in [-0.2, -0.15) is 11.3 Å². The van der Waals surface area contributed by atoms with Gasteiger partial charge in [-0.15, -0.1) is 21.5 Å². The van der Waals surface area contributed by atoms with E-state index in [1.165, 1.54) is 10.5 Å². The van der Waals surface area contributed by atoms with E-state index in [9.17, 15) is 0 Å². The van der Waals surface area contributed by atoms with Crippen molar-refractivity contribution in [3.63, 3.8) is 0 Å². The molecule has 0 bridgehead atoms. The summed E-state index contributed by atoms with van der Waals surface area (Å²) in [5.74, 6) is 1.31. The number of nitrogens with one attached hydrogen (secondary N) is 1. The Hall–Kier alpha value is -1.50. The minimum Gasteiger partial charge on any atom is -0.414 e. The number of nitrogens with zero attached hydrogens (tertiary/aromatic N) is 2. The van der Waals surface area contributed by atoms with Gasteiger partial charge in [0.25, 0.3) is 11.8 Å². The van der Waals surface area contributed by atoms with Gasteiger partial charge < -0.3 is 9.32 Å². The average molecular weight is 306 g/mol. The monoisotopic (exact) mass is 306 g/mol. The fourth-order valence-electron chi connectivity index (χ4n) is 1.99. The van der Waals surface area contributed by atoms with Gasteiger partial charge in [-0.25, -0.2) is 0 Å². The molecule has 1 N–H and O–H groups in total. The number of rotatable bonds is 5. The second-order valence-corrected chi connectivity index (χ2v) is 6.53. The standard InChI is InChI=1S/C14H15N3OS2/c1-10(17(2)8-11-5-7-19-9-11)13-15-16-14(18-13)12-4-3-6-20-12/h3-7,9-10H,8H2,1-2H3/p+1/t10-/m1/s1. The third-order valence-electron chi connectivity index (χ3n) is 3.35. The summed E-state index contributed by atoms with van der Waals surface area (Å²) in [6.07, 6.45) is 0. The Morgan fingerprint density at radius 3 is 2.90 bits per heavy atom. The van der Waals surface area contributed by atoms with Crippen molar-refractivity contribution < 1.29 is 9.32 Å². The highest BCUT2D eigenvalue weighted by Gasteiger charge is 2.22. The third-order valence-corrected chi connectivity index (χ3v) is 4.94. The van der Waals surface area contributed by atoms with E-state index >= 15 is 0 Å². The molecule has 0 spiro atoms. The molecule has 2 atom stereocenters. The summed E-state index contributed by atoms with van der Waals surface area (Å²) in [5, 5.41) is 14.6. The maximum atomic E-state index is 5.80. The predicted molar refractivity (Wildman–Crippen MR) is 80.9 cm³/mol. The van der Waals surface area contributed by atoms with Gasteiger partial charge in [0.1, 0.15) is 6.54 Å². The summed E-state index contributed by atoms with van der Waals surface area (Å²) in [7, 11) is 2.15. The fourth-order valence-corrected chi connectivity index (χ4v) is 3.30. The van der Waals surface area contributed by atoms with Crippen LogP contribution in [0.3, 0.4) is 0 Å². The summed E-state index contributed by atoms with van der Waals surface area (Å²) >= 11 is 3.34. The minimum absolute atomic E-state index is 0.177. The van der Waals surface area contributed by atoms with Gasteiger partial charge >= 0.3 is 0 Å². The zero-order valence-electron chi connectivity index (χ0n) is 11.4. The molecule has 6 heteroatoms. The number of aromatic nitrogens is 2. The van der Waals surface area contributed by atoms with Crippen molar-refractivity contribution in [1.29, 1.82) is 0 Å². The molecule has 0 aliphatic heterocycles. The lowest BCUT2D eigenvalue weighted by Crippen LogP contribution is -3.07. The second-order valence-electron chi connectivity index (χ2n) is 4.80. The van der Waals surface area contributed by atoms with E-state index in [0.717, 1.165) is 11.4 Å². The van der Waals surface area contributed by atoms with Crippen molar-refractivity contribution in [3.05, 3.63) is 45.8 Å². The smallest absolute Gasteiger partial charge is 0.274 e. The molecular formula is C14H16N3OS2+. The van der Waals surface area contributed by atoms with Crippen LogP contribution in [0.5, 0.6) is 0 Å². The zero-order valence-corrected chi connectivity index (χ0v) is 13.0. The predicted octanol–water partition coefficient (Wildman–Crippen LogP) is 2.64. The van der Waals surface area contributed by atoms with Crippen LogP contribution in [0.1, 0.15) is 24.4 Å². The van der Waals surface area contributed by atoms with Crippen LogP contribution < -0.4 is 4.90 Å². The minimum atomic E-state index is 0.177. The first kappa shape index (κ1) is 13.5. The second kappa shape index (κ2) is 5.87. The molecule has 0 saturated carbocycles. The topological polar surface area (TPSA) is 43.4 Å². The maximum absolute atomic E-state index is 5.80. The molecule has 20 heavy (non-hydrogen) atoms. The molecule has 0 amide bonds. The van der Waals surface area contributed by atoms with Gasteiger partial charge in [0.2, 0.25) is 0 Å². The summed E-state index contributed by atoms with van der Waals surface area (Å²) in [6, 6.07) is 6.32. The van der Waals surface area contributed by atoms with E-state index in [0.29, 0.717) is 11.8 Å². The quantitative estimate of drug-likeness (QED) is 0.788. The number of quaternary nitrogens is 1. The van der Waals surface area contributed by atoms with Gasteiger partial charge in [-0.3, -0.25) is 0 Å². The SMILES string of the molecule is C[C@H](c1nnc(-c2cccs2)o1)[NH+](C)Cc1ccsc1. The molecular weight excluding hydrogens is 290 g/mol. The summed E-state index contributed by atoms with van der Waals surface area (Å²) < 4.78 is 5.80. The van der Waals surface area contributed by atoms with E-state index in [-0.39, 0.29) is 6.04 Å². The number of thiophene rings is 2. The molecule has 1 unspecified atom stereocenters. The van der Waals surface area contributed by atoms with E-state index in [2.05, 4.69) is 41.0 Å². The normalized spacial score (nSPS) is 14.3. The Labute approximate surface area is 125 Å². The summed E-state index contributed by atoms with van der Waals surface area (Å²) in [5.41, 5.74) is 1.34. The molecule has 3 aromatic heterocycles. The Bertz CT molecular complexity index is 646. The first-order chi connectivity index (χ1) is 9.74. The van der Waals surface area contributed by atoms with Crippen LogP contribution >= 0.6 is 22.7 Å². The van der Waals surface area contributed by atoms with E-state index in [1.54, 1.807) is 22.7 Å². The lowest BCUT2D eigenvalue weighted by atomic mass is 10.2. The van der Waals surface area contributed by atoms with Crippen molar-refractivity contribution in [2.45, 2.75) is 19.5 Å². The highest BCUT2D eigenvalue weighted by Crippen LogP contribution is 2.24. The molecule has 3 heterocycles. The molecule has 0 aliphatic carbocycles. The van der Waals surface area contributed by atoms with Crippen molar-refractivity contribution in [3.8, 4) is 10.8 Å². The van der Waals surface area contributed by atoms with Crippen LogP contribution in [0.25, 0.3) is 10.8 Å². The van der Waals surface area contributed by atoms with Gasteiger partial charge in [0.05, 0.1) is 11.9 Å². The lowest BCUT2D eigenvalue weighted by molar-refractivity contribution is -0.925. The first-order valence-corrected chi connectivity index (χ1v) is 8.27. The average Bonchev–Trinajstić information content (AvgIpc) is 3.18. The number of hydrogen-bond acceptors (Lipinski definition) is 5. The highest BCUT2D eigenvalue weighted by atomic mass is 32.1. The van der Waals surface area contributed by atoms with E-state index in [1.807, 2.05) is 17.5 Å². The Kier molecular flexibility index (Phi) is 3.95. The molecule has 0 saturated heterocycles. The van der Waals surface area contributed by atoms with Gasteiger partial charge in [0.15, 0.2) is 6.04 Å². The molecule has 0 radical (unpaired) electrons. The number of hydrogen-bond donors (Lipinski definition) is 1. The van der Waals surface area contributed by atoms with Crippen molar-refractivity contribution in [2.24, 2.45) is 0 Å². The van der Waals surface area contributed by atoms with Crippen LogP contribution in [0.4, 0.5) is 0 Å². The van der Waals surface area contributed by atoms with Gasteiger partial charge in [-0.05, 0) is 35.2 Å². The van der Waals surface area contributed by atoms with Crippen molar-refractivity contribution in [1.82, 2.24) is 10.2 Å². The van der Waals surface area contributed by atoms with Crippen LogP contribution in [-0.4, -0.2) is 17.2 Å². The zero-order chi connectivity index (χ0) is 13.9. The molecule has 4 nitrogen and oxygen atoms in total. The van der Waals surface area contributed by atoms with Crippen molar-refractivity contribution in [2.75, 3.05) is 7.05 Å². The van der Waals surface area contributed by atoms with E-state index in [4.69, 9.17) is 4.42 Å². The first-order valence-electron chi connectivity index (χ1n) is 6.44. The summed E-state index contributed by atoms with van der Waals surface area (Å²) in [6.45, 7) is 3.08. The Morgan fingerprint density at radius 1 is 1.30 bits per heavy atom. The molecule has 3 rings (SSSR count). The van der Waals surface area contributed by atoms with Crippen LogP contribution in [0.2, 0.25) is 0 Å². The Morgan fingerprint density at radius 2 is 2.20 bits per heavy atom. The summed E-state index contributed by atoms with van der Waals surface area (Å²) in [4.78, 5) is 2.36. The van der Waals surface area contributed by atoms with E-state index < -0.39 is 0 Å². The molecule has 104 valence electrons. The molecule has 3 aromatic rings. The molecule has 0 aromatic carbocycles. The largest absolute Gasteiger partial charge is 0.414 e. The van der Waals surface area contributed by atoms with Gasteiger partial charge in [0, 0.05) is 5.56 Å². The van der Waals surface area contributed by atoms with Crippen molar-refractivity contribution >= 4 is 22.7 Å². The lowest BCUT2D eigenvalue weighted by Gasteiger charge is -2.18. The fraction of sp³-hybridized carbons (Fsp3) is 0.286. The molecule has 0 aliphatic rings. The highest BCUT2D eigenvalue weighted by molar-refractivity contribution is 7.13.